The maximum absolute atomic E-state index is 8.92. The molecule has 0 aliphatic heterocycles. The number of aryl methyl sites for hydroxylation is 2. The topological polar surface area (TPSA) is 68.2 Å². The Morgan fingerprint density at radius 1 is 0.545 bits per heavy atom. The van der Waals surface area contributed by atoms with E-state index in [2.05, 4.69) is 62.4 Å². The first-order valence-electron chi connectivity index (χ1n) is 17.8. The van der Waals surface area contributed by atoms with Crippen LogP contribution in [0.2, 0.25) is 0 Å². The number of benzene rings is 2. The molecule has 2 rings (SSSR count). The largest absolute Gasteiger partial charge is 0.457 e. The summed E-state index contributed by atoms with van der Waals surface area (Å²) in [4.78, 5) is 0. The Labute approximate surface area is 270 Å². The zero-order valence-electron chi connectivity index (χ0n) is 28.9. The summed E-state index contributed by atoms with van der Waals surface area (Å²) in [6.07, 6.45) is 20.5. The van der Waals surface area contributed by atoms with Crippen LogP contribution in [0.15, 0.2) is 48.5 Å². The summed E-state index contributed by atoms with van der Waals surface area (Å²) in [6, 6.07) is 17.3. The van der Waals surface area contributed by atoms with Gasteiger partial charge in [0.2, 0.25) is 0 Å². The molecule has 0 fully saturated rings. The quantitative estimate of drug-likeness (QED) is 0.109. The molecule has 0 bridgehead atoms. The molecule has 44 heavy (non-hydrogen) atoms. The second-order valence-corrected chi connectivity index (χ2v) is 12.4. The van der Waals surface area contributed by atoms with E-state index in [1.54, 1.807) is 13.8 Å². The highest BCUT2D eigenvalue weighted by Gasteiger charge is 2.09. The molecular weight excluding hydrogens is 548 g/mol. The second kappa shape index (κ2) is 27.4. The molecule has 3 atom stereocenters. The summed E-state index contributed by atoms with van der Waals surface area (Å²) in [5.41, 5.74) is 2.70. The van der Waals surface area contributed by atoms with Crippen LogP contribution >= 0.6 is 0 Å². The van der Waals surface area contributed by atoms with Gasteiger partial charge in [0.05, 0.1) is 38.1 Å². The fourth-order valence-corrected chi connectivity index (χ4v) is 4.99. The lowest BCUT2D eigenvalue weighted by Gasteiger charge is -2.16. The van der Waals surface area contributed by atoms with Gasteiger partial charge in [-0.1, -0.05) is 127 Å². The van der Waals surface area contributed by atoms with Gasteiger partial charge in [0.25, 0.3) is 0 Å². The van der Waals surface area contributed by atoms with Gasteiger partial charge in [0.1, 0.15) is 11.5 Å². The van der Waals surface area contributed by atoms with Crippen molar-refractivity contribution in [2.24, 2.45) is 0 Å². The number of ether oxygens (including phenoxy) is 3. The molecular formula is C39H66O5. The maximum atomic E-state index is 8.92. The van der Waals surface area contributed by atoms with Gasteiger partial charge in [0.15, 0.2) is 0 Å². The summed E-state index contributed by atoms with van der Waals surface area (Å²) < 4.78 is 16.9. The number of hydrogen-bond donors (Lipinski definition) is 2. The van der Waals surface area contributed by atoms with E-state index in [9.17, 15) is 0 Å². The van der Waals surface area contributed by atoms with Crippen molar-refractivity contribution < 1.29 is 24.4 Å². The smallest absolute Gasteiger partial charge is 0.130 e. The van der Waals surface area contributed by atoms with Gasteiger partial charge in [-0.15, -0.1) is 0 Å². The summed E-state index contributed by atoms with van der Waals surface area (Å²) >= 11 is 0. The first-order valence-corrected chi connectivity index (χ1v) is 17.8. The predicted molar refractivity (Wildman–Crippen MR) is 186 cm³/mol. The van der Waals surface area contributed by atoms with E-state index in [4.69, 9.17) is 24.4 Å². The normalized spacial score (nSPS) is 13.2. The number of rotatable bonds is 25. The zero-order valence-corrected chi connectivity index (χ0v) is 28.9. The Balaban J connectivity index is 0.000000627. The lowest BCUT2D eigenvalue weighted by Crippen LogP contribution is -2.24. The summed E-state index contributed by atoms with van der Waals surface area (Å²) in [5, 5.41) is 17.6. The summed E-state index contributed by atoms with van der Waals surface area (Å²) in [6.45, 7) is 10.7. The molecule has 5 nitrogen and oxygen atoms in total. The Morgan fingerprint density at radius 3 is 1.39 bits per heavy atom. The molecule has 5 heteroatoms. The van der Waals surface area contributed by atoms with E-state index in [1.807, 2.05) is 6.92 Å². The van der Waals surface area contributed by atoms with Crippen LogP contribution in [0.4, 0.5) is 0 Å². The predicted octanol–water partition coefficient (Wildman–Crippen LogP) is 10.2. The minimum atomic E-state index is -0.447. The molecule has 0 aliphatic carbocycles. The minimum Gasteiger partial charge on any atom is -0.457 e. The molecule has 2 aromatic rings. The minimum absolute atomic E-state index is 0.0170. The van der Waals surface area contributed by atoms with E-state index in [0.29, 0.717) is 13.2 Å². The van der Waals surface area contributed by atoms with Gasteiger partial charge in [-0.2, -0.15) is 0 Å². The molecule has 0 heterocycles. The average Bonchev–Trinajstić information content (AvgIpc) is 3.03. The molecule has 2 aromatic carbocycles. The number of para-hydroxylation sites is 2. The lowest BCUT2D eigenvalue weighted by molar-refractivity contribution is -0.0620. The van der Waals surface area contributed by atoms with Crippen molar-refractivity contribution in [2.45, 2.75) is 156 Å². The number of aliphatic hydroxyl groups is 2. The van der Waals surface area contributed by atoms with Crippen LogP contribution in [0.1, 0.15) is 136 Å². The summed E-state index contributed by atoms with van der Waals surface area (Å²) in [7, 11) is 0. The average molecular weight is 615 g/mol. The molecule has 3 unspecified atom stereocenters. The zero-order chi connectivity index (χ0) is 32.3. The van der Waals surface area contributed by atoms with E-state index in [0.717, 1.165) is 24.3 Å². The summed E-state index contributed by atoms with van der Waals surface area (Å²) in [5.74, 6) is 2.08. The maximum Gasteiger partial charge on any atom is 0.130 e. The molecule has 0 radical (unpaired) electrons. The van der Waals surface area contributed by atoms with Crippen molar-refractivity contribution in [1.82, 2.24) is 0 Å². The van der Waals surface area contributed by atoms with Gasteiger partial charge in [0, 0.05) is 0 Å². The van der Waals surface area contributed by atoms with Crippen molar-refractivity contribution in [3.05, 3.63) is 59.7 Å². The SMILES string of the molecule is CC(O)COC(C)COC(C)CO.CCCCCCCCCc1ccccc1Oc1ccccc1CCCCCCCCC. The molecule has 0 saturated carbocycles. The highest BCUT2D eigenvalue weighted by atomic mass is 16.5. The molecule has 0 spiro atoms. The first-order chi connectivity index (χ1) is 21.4. The highest BCUT2D eigenvalue weighted by Crippen LogP contribution is 2.30. The third kappa shape index (κ3) is 20.9. The van der Waals surface area contributed by atoms with Crippen molar-refractivity contribution >= 4 is 0 Å². The van der Waals surface area contributed by atoms with E-state index in [1.165, 1.54) is 101 Å². The number of aliphatic hydroxyl groups excluding tert-OH is 2. The van der Waals surface area contributed by atoms with Crippen molar-refractivity contribution in [3.8, 4) is 11.5 Å². The molecule has 252 valence electrons. The Hall–Kier alpha value is -1.92. The molecule has 0 saturated heterocycles. The molecule has 0 amide bonds. The van der Waals surface area contributed by atoms with E-state index >= 15 is 0 Å². The van der Waals surface area contributed by atoms with Gasteiger partial charge >= 0.3 is 0 Å². The van der Waals surface area contributed by atoms with Gasteiger partial charge in [-0.3, -0.25) is 0 Å². The Kier molecular flexibility index (Phi) is 25.0. The Bertz CT molecular complexity index is 855. The third-order valence-electron chi connectivity index (χ3n) is 7.76. The van der Waals surface area contributed by atoms with Crippen LogP contribution in [0.5, 0.6) is 11.5 Å². The van der Waals surface area contributed by atoms with E-state index < -0.39 is 6.10 Å². The van der Waals surface area contributed by atoms with E-state index in [-0.39, 0.29) is 18.8 Å². The molecule has 2 N–H and O–H groups in total. The third-order valence-corrected chi connectivity index (χ3v) is 7.76. The monoisotopic (exact) mass is 614 g/mol. The van der Waals surface area contributed by atoms with Crippen LogP contribution in [-0.4, -0.2) is 48.3 Å². The molecule has 0 aromatic heterocycles. The van der Waals surface area contributed by atoms with Gasteiger partial charge < -0.3 is 24.4 Å². The highest BCUT2D eigenvalue weighted by molar-refractivity contribution is 5.41. The van der Waals surface area contributed by atoms with Crippen molar-refractivity contribution in [2.75, 3.05) is 19.8 Å². The molecule has 0 aliphatic rings. The van der Waals surface area contributed by atoms with Gasteiger partial charge in [-0.05, 0) is 69.7 Å². The number of unbranched alkanes of at least 4 members (excludes halogenated alkanes) is 12. The fraction of sp³-hybridized carbons (Fsp3) is 0.692. The van der Waals surface area contributed by atoms with Crippen LogP contribution in [-0.2, 0) is 22.3 Å². The van der Waals surface area contributed by atoms with Gasteiger partial charge in [-0.25, -0.2) is 0 Å². The lowest BCUT2D eigenvalue weighted by atomic mass is 10.0. The second-order valence-electron chi connectivity index (χ2n) is 12.4. The van der Waals surface area contributed by atoms with Crippen molar-refractivity contribution in [1.29, 1.82) is 0 Å². The van der Waals surface area contributed by atoms with Crippen LogP contribution in [0.3, 0.4) is 0 Å². The fourth-order valence-electron chi connectivity index (χ4n) is 4.99. The Morgan fingerprint density at radius 2 is 0.955 bits per heavy atom. The van der Waals surface area contributed by atoms with Crippen LogP contribution < -0.4 is 4.74 Å². The standard InChI is InChI=1S/C30H46O.C9H20O4/c1-3-5-7-9-11-13-15-21-27-23-17-19-25-29(27)31-30-26-20-18-24-28(30)22-16-14-12-10-8-6-4-2;1-7(11)5-12-9(3)6-13-8(2)4-10/h17-20,23-26H,3-16,21-22H2,1-2H3;7-11H,4-6H2,1-3H3. The van der Waals surface area contributed by atoms with Crippen LogP contribution in [0.25, 0.3) is 0 Å². The van der Waals surface area contributed by atoms with Crippen molar-refractivity contribution in [3.63, 3.8) is 0 Å². The number of hydrogen-bond acceptors (Lipinski definition) is 5. The first kappa shape index (κ1) is 40.1. The van der Waals surface area contributed by atoms with Crippen LogP contribution in [0, 0.1) is 0 Å².